The monoisotopic (exact) mass is 392 g/mol. The molecule has 3 heterocycles. The van der Waals surface area contributed by atoms with E-state index in [0.717, 1.165) is 10.9 Å². The summed E-state index contributed by atoms with van der Waals surface area (Å²) in [6, 6.07) is 3.67. The summed E-state index contributed by atoms with van der Waals surface area (Å²) >= 11 is 0. The van der Waals surface area contributed by atoms with Crippen LogP contribution in [-0.2, 0) is 4.79 Å². The zero-order valence-electron chi connectivity index (χ0n) is 15.5. The number of fused-ring (bicyclic) bond motifs is 1. The Balaban J connectivity index is 1.86. The predicted octanol–water partition coefficient (Wildman–Crippen LogP) is 3.20. The number of aromatic amines is 1. The van der Waals surface area contributed by atoms with E-state index in [1.54, 1.807) is 31.6 Å². The van der Waals surface area contributed by atoms with Gasteiger partial charge < -0.3 is 15.6 Å². The van der Waals surface area contributed by atoms with Gasteiger partial charge in [0.1, 0.15) is 23.5 Å². The number of carbonyl (C=O) groups excluding carboxylic acids is 1. The highest BCUT2D eigenvalue weighted by Gasteiger charge is 2.33. The van der Waals surface area contributed by atoms with Gasteiger partial charge >= 0.3 is 6.18 Å². The van der Waals surface area contributed by atoms with Gasteiger partial charge in [-0.1, -0.05) is 0 Å². The maximum atomic E-state index is 12.4. The van der Waals surface area contributed by atoms with Gasteiger partial charge in [-0.3, -0.25) is 4.79 Å². The normalized spacial score (nSPS) is 12.2. The van der Waals surface area contributed by atoms with Gasteiger partial charge in [-0.2, -0.15) is 13.2 Å². The number of aromatic nitrogens is 4. The topological polar surface area (TPSA) is 95.6 Å². The molecule has 0 aromatic carbocycles. The molecule has 28 heavy (non-hydrogen) atoms. The second kappa shape index (κ2) is 7.10. The number of nitrogens with one attached hydrogen (secondary N) is 3. The molecule has 0 saturated heterocycles. The van der Waals surface area contributed by atoms with Crippen molar-refractivity contribution in [2.24, 2.45) is 0 Å². The Morgan fingerprint density at radius 3 is 2.71 bits per heavy atom. The van der Waals surface area contributed by atoms with E-state index >= 15 is 0 Å². The molecule has 0 aliphatic rings. The first-order chi connectivity index (χ1) is 13.1. The molecule has 3 rings (SSSR count). The number of carbonyl (C=O) groups is 1. The zero-order valence-corrected chi connectivity index (χ0v) is 15.5. The summed E-state index contributed by atoms with van der Waals surface area (Å²) in [6.45, 7) is 3.31. The van der Waals surface area contributed by atoms with Gasteiger partial charge in [-0.25, -0.2) is 15.0 Å². The van der Waals surface area contributed by atoms with Crippen LogP contribution >= 0.6 is 0 Å². The standard InChI is InChI=1S/C18H19F3N6O/c1-10-7-23-15(12-8-24-14-11(12)5-4-6-22-14)26-13(10)27-17(2,3)16(28)25-9-18(19,20)21/h4-8H,9H2,1-3H3,(H,22,24)(H,25,28)(H,23,26,27). The van der Waals surface area contributed by atoms with E-state index < -0.39 is 24.2 Å². The maximum Gasteiger partial charge on any atom is 0.405 e. The van der Waals surface area contributed by atoms with Crippen molar-refractivity contribution >= 4 is 22.8 Å². The van der Waals surface area contributed by atoms with Crippen molar-refractivity contribution in [1.29, 1.82) is 0 Å². The van der Waals surface area contributed by atoms with Crippen molar-refractivity contribution in [3.05, 3.63) is 36.3 Å². The molecule has 3 aromatic heterocycles. The minimum Gasteiger partial charge on any atom is -0.356 e. The molecule has 3 aromatic rings. The van der Waals surface area contributed by atoms with Crippen LogP contribution in [0.3, 0.4) is 0 Å². The summed E-state index contributed by atoms with van der Waals surface area (Å²) < 4.78 is 37.1. The largest absolute Gasteiger partial charge is 0.405 e. The molecule has 0 aliphatic heterocycles. The van der Waals surface area contributed by atoms with Crippen LogP contribution < -0.4 is 10.6 Å². The molecule has 10 heteroatoms. The van der Waals surface area contributed by atoms with E-state index in [-0.39, 0.29) is 0 Å². The Morgan fingerprint density at radius 2 is 2.00 bits per heavy atom. The molecule has 1 amide bonds. The minimum absolute atomic E-state index is 0.357. The second-order valence-electron chi connectivity index (χ2n) is 6.88. The Morgan fingerprint density at radius 1 is 1.25 bits per heavy atom. The summed E-state index contributed by atoms with van der Waals surface area (Å²) in [5.41, 5.74) is 0.746. The van der Waals surface area contributed by atoms with Crippen molar-refractivity contribution in [3.8, 4) is 11.4 Å². The maximum absolute atomic E-state index is 12.4. The van der Waals surface area contributed by atoms with Crippen LogP contribution in [0.4, 0.5) is 19.0 Å². The van der Waals surface area contributed by atoms with Crippen LogP contribution in [-0.4, -0.2) is 44.1 Å². The Kier molecular flexibility index (Phi) is 4.97. The van der Waals surface area contributed by atoms with Crippen molar-refractivity contribution in [2.75, 3.05) is 11.9 Å². The van der Waals surface area contributed by atoms with Crippen molar-refractivity contribution in [1.82, 2.24) is 25.3 Å². The molecular formula is C18H19F3N6O. The number of nitrogens with zero attached hydrogens (tertiary/aromatic N) is 3. The molecule has 0 radical (unpaired) electrons. The molecule has 7 nitrogen and oxygen atoms in total. The van der Waals surface area contributed by atoms with E-state index in [1.807, 2.05) is 11.4 Å². The first kappa shape index (κ1) is 19.6. The number of H-pyrrole nitrogens is 1. The fraction of sp³-hybridized carbons (Fsp3) is 0.333. The van der Waals surface area contributed by atoms with Gasteiger partial charge in [0.15, 0.2) is 5.82 Å². The Labute approximate surface area is 158 Å². The number of alkyl halides is 3. The molecular weight excluding hydrogens is 373 g/mol. The molecule has 0 fully saturated rings. The minimum atomic E-state index is -4.48. The number of amides is 1. The third-order valence-electron chi connectivity index (χ3n) is 4.11. The van der Waals surface area contributed by atoms with E-state index in [1.165, 1.54) is 13.8 Å². The van der Waals surface area contributed by atoms with Crippen LogP contribution in [0.15, 0.2) is 30.7 Å². The SMILES string of the molecule is Cc1cnc(-c2c[nH]c3ncccc23)nc1NC(C)(C)C(=O)NCC(F)(F)F. The van der Waals surface area contributed by atoms with Gasteiger partial charge in [-0.15, -0.1) is 0 Å². The lowest BCUT2D eigenvalue weighted by Gasteiger charge is -2.27. The highest BCUT2D eigenvalue weighted by atomic mass is 19.4. The van der Waals surface area contributed by atoms with Crippen LogP contribution in [0.2, 0.25) is 0 Å². The third kappa shape index (κ3) is 4.21. The summed E-state index contributed by atoms with van der Waals surface area (Å²) in [5, 5.41) is 5.64. The zero-order chi connectivity index (χ0) is 20.5. The van der Waals surface area contributed by atoms with Gasteiger partial charge in [0.05, 0.1) is 0 Å². The molecule has 0 unspecified atom stereocenters. The molecule has 0 bridgehead atoms. The Bertz CT molecular complexity index is 1010. The summed E-state index contributed by atoms with van der Waals surface area (Å²) in [4.78, 5) is 28.2. The summed E-state index contributed by atoms with van der Waals surface area (Å²) in [7, 11) is 0. The molecule has 0 atom stereocenters. The van der Waals surface area contributed by atoms with E-state index in [4.69, 9.17) is 0 Å². The van der Waals surface area contributed by atoms with Crippen LogP contribution in [0.5, 0.6) is 0 Å². The lowest BCUT2D eigenvalue weighted by molar-refractivity contribution is -0.140. The number of hydrogen-bond acceptors (Lipinski definition) is 5. The van der Waals surface area contributed by atoms with Crippen molar-refractivity contribution in [2.45, 2.75) is 32.5 Å². The average molecular weight is 392 g/mol. The summed E-state index contributed by atoms with van der Waals surface area (Å²) in [6.07, 6.45) is 0.498. The molecule has 148 valence electrons. The number of hydrogen-bond donors (Lipinski definition) is 3. The molecule has 3 N–H and O–H groups in total. The highest BCUT2D eigenvalue weighted by Crippen LogP contribution is 2.27. The van der Waals surface area contributed by atoms with E-state index in [0.29, 0.717) is 22.9 Å². The van der Waals surface area contributed by atoms with Crippen LogP contribution in [0.1, 0.15) is 19.4 Å². The first-order valence-electron chi connectivity index (χ1n) is 8.46. The smallest absolute Gasteiger partial charge is 0.356 e. The molecule has 0 saturated carbocycles. The predicted molar refractivity (Wildman–Crippen MR) is 98.6 cm³/mol. The lowest BCUT2D eigenvalue weighted by Crippen LogP contribution is -2.50. The number of pyridine rings is 1. The number of anilines is 1. The second-order valence-corrected chi connectivity index (χ2v) is 6.88. The van der Waals surface area contributed by atoms with Gasteiger partial charge in [0.2, 0.25) is 5.91 Å². The number of rotatable bonds is 5. The van der Waals surface area contributed by atoms with E-state index in [9.17, 15) is 18.0 Å². The highest BCUT2D eigenvalue weighted by molar-refractivity contribution is 5.92. The average Bonchev–Trinajstić information content (AvgIpc) is 3.05. The molecule has 0 aliphatic carbocycles. The summed E-state index contributed by atoms with van der Waals surface area (Å²) in [5.74, 6) is -0.0325. The van der Waals surface area contributed by atoms with Crippen molar-refractivity contribution in [3.63, 3.8) is 0 Å². The fourth-order valence-electron chi connectivity index (χ4n) is 2.59. The quantitative estimate of drug-likeness (QED) is 0.620. The van der Waals surface area contributed by atoms with Gasteiger partial charge in [0, 0.05) is 35.1 Å². The van der Waals surface area contributed by atoms with E-state index in [2.05, 4.69) is 25.3 Å². The van der Waals surface area contributed by atoms with Crippen molar-refractivity contribution < 1.29 is 18.0 Å². The van der Waals surface area contributed by atoms with Gasteiger partial charge in [-0.05, 0) is 32.9 Å². The van der Waals surface area contributed by atoms with Crippen LogP contribution in [0, 0.1) is 6.92 Å². The number of aryl methyl sites for hydroxylation is 1. The molecule has 0 spiro atoms. The van der Waals surface area contributed by atoms with Crippen LogP contribution in [0.25, 0.3) is 22.4 Å². The Hall–Kier alpha value is -3.17. The van der Waals surface area contributed by atoms with Gasteiger partial charge in [0.25, 0.3) is 0 Å². The number of halogens is 3. The lowest BCUT2D eigenvalue weighted by atomic mass is 10.0. The first-order valence-corrected chi connectivity index (χ1v) is 8.46. The third-order valence-corrected chi connectivity index (χ3v) is 4.11. The fourth-order valence-corrected chi connectivity index (χ4v) is 2.59.